The van der Waals surface area contributed by atoms with Gasteiger partial charge in [-0.25, -0.2) is 13.6 Å². The molecule has 2 aromatic rings. The van der Waals surface area contributed by atoms with E-state index in [2.05, 4.69) is 4.98 Å². The van der Waals surface area contributed by atoms with Crippen LogP contribution in [0, 0.1) is 25.5 Å². The number of benzene rings is 1. The molecule has 25 heavy (non-hydrogen) atoms. The lowest BCUT2D eigenvalue weighted by molar-refractivity contribution is 0.0519. The van der Waals surface area contributed by atoms with Gasteiger partial charge < -0.3 is 14.5 Å². The van der Waals surface area contributed by atoms with E-state index >= 15 is 0 Å². The first-order valence-corrected chi connectivity index (χ1v) is 7.78. The minimum Gasteiger partial charge on any atom is -0.479 e. The molecule has 134 valence electrons. The van der Waals surface area contributed by atoms with Crippen molar-refractivity contribution in [1.82, 2.24) is 4.98 Å². The molecule has 1 N–H and O–H groups in total. The number of esters is 1. The first-order chi connectivity index (χ1) is 11.8. The number of ether oxygens (including phenoxy) is 2. The number of hydrogen-bond donors (Lipinski definition) is 1. The standard InChI is InChI=1S/C18H19F2NO4/c1-5-24-18(23)16-9(2)15(10(3)21-16)17(22)11(4)25-14-7-6-12(19)8-13(14)20/h6-8,11,21H,5H2,1-4H3/t11-/m1/s1. The van der Waals surface area contributed by atoms with E-state index in [1.165, 1.54) is 6.92 Å². The van der Waals surface area contributed by atoms with Gasteiger partial charge in [-0.15, -0.1) is 0 Å². The number of carbonyl (C=O) groups is 2. The summed E-state index contributed by atoms with van der Waals surface area (Å²) in [6, 6.07) is 2.84. The molecular formula is C18H19F2NO4. The van der Waals surface area contributed by atoms with Crippen molar-refractivity contribution in [3.8, 4) is 5.75 Å². The topological polar surface area (TPSA) is 68.4 Å². The van der Waals surface area contributed by atoms with E-state index in [1.54, 1.807) is 20.8 Å². The van der Waals surface area contributed by atoms with Crippen LogP contribution in [-0.4, -0.2) is 29.4 Å². The second-order valence-electron chi connectivity index (χ2n) is 5.54. The maximum Gasteiger partial charge on any atom is 0.355 e. The van der Waals surface area contributed by atoms with Crippen molar-refractivity contribution in [3.05, 3.63) is 52.3 Å². The first-order valence-electron chi connectivity index (χ1n) is 7.78. The third-order valence-electron chi connectivity index (χ3n) is 3.73. The summed E-state index contributed by atoms with van der Waals surface area (Å²) in [5.74, 6) is -2.83. The summed E-state index contributed by atoms with van der Waals surface area (Å²) >= 11 is 0. The van der Waals surface area contributed by atoms with Crippen molar-refractivity contribution in [2.75, 3.05) is 6.61 Å². The molecule has 0 amide bonds. The number of aryl methyl sites for hydroxylation is 1. The van der Waals surface area contributed by atoms with Gasteiger partial charge in [0.15, 0.2) is 17.7 Å². The van der Waals surface area contributed by atoms with Gasteiger partial charge in [-0.3, -0.25) is 4.79 Å². The molecule has 0 radical (unpaired) electrons. The highest BCUT2D eigenvalue weighted by Gasteiger charge is 2.27. The Kier molecular flexibility index (Phi) is 5.56. The molecule has 2 rings (SSSR count). The summed E-state index contributed by atoms with van der Waals surface area (Å²) in [6.07, 6.45) is -1.02. The number of rotatable bonds is 6. The summed E-state index contributed by atoms with van der Waals surface area (Å²) in [5.41, 5.74) is 1.41. The Morgan fingerprint density at radius 2 is 1.92 bits per heavy atom. The summed E-state index contributed by atoms with van der Waals surface area (Å²) in [5, 5.41) is 0. The molecule has 0 spiro atoms. The maximum absolute atomic E-state index is 13.7. The van der Waals surface area contributed by atoms with Gasteiger partial charge in [-0.2, -0.15) is 0 Å². The van der Waals surface area contributed by atoms with Gasteiger partial charge in [0.05, 0.1) is 6.61 Å². The third kappa shape index (κ3) is 3.87. The highest BCUT2D eigenvalue weighted by molar-refractivity contribution is 6.04. The number of aromatic amines is 1. The van der Waals surface area contributed by atoms with Crippen molar-refractivity contribution in [2.45, 2.75) is 33.8 Å². The molecule has 7 heteroatoms. The number of carbonyl (C=O) groups excluding carboxylic acids is 2. The number of H-pyrrole nitrogens is 1. The van der Waals surface area contributed by atoms with E-state index in [-0.39, 0.29) is 23.6 Å². The lowest BCUT2D eigenvalue weighted by atomic mass is 10.0. The number of Topliss-reactive ketones (excluding diaryl/α,β-unsaturated/α-hetero) is 1. The van der Waals surface area contributed by atoms with Crippen molar-refractivity contribution < 1.29 is 27.8 Å². The largest absolute Gasteiger partial charge is 0.479 e. The average Bonchev–Trinajstić information content (AvgIpc) is 2.84. The maximum atomic E-state index is 13.7. The lowest BCUT2D eigenvalue weighted by Crippen LogP contribution is -2.25. The van der Waals surface area contributed by atoms with Crippen LogP contribution in [0.3, 0.4) is 0 Å². The smallest absolute Gasteiger partial charge is 0.355 e. The Bertz CT molecular complexity index is 814. The SMILES string of the molecule is CCOC(=O)c1[nH]c(C)c(C(=O)[C@@H](C)Oc2ccc(F)cc2F)c1C. The van der Waals surface area contributed by atoms with Crippen molar-refractivity contribution in [1.29, 1.82) is 0 Å². The van der Waals surface area contributed by atoms with Crippen LogP contribution < -0.4 is 4.74 Å². The number of ketones is 1. The van der Waals surface area contributed by atoms with Crippen LogP contribution in [0.25, 0.3) is 0 Å². The molecule has 1 aromatic heterocycles. The van der Waals surface area contributed by atoms with E-state index in [4.69, 9.17) is 9.47 Å². The monoisotopic (exact) mass is 351 g/mol. The second kappa shape index (κ2) is 7.46. The number of aromatic nitrogens is 1. The van der Waals surface area contributed by atoms with Crippen LogP contribution in [0.1, 0.15) is 46.0 Å². The van der Waals surface area contributed by atoms with Gasteiger partial charge in [-0.1, -0.05) is 0 Å². The zero-order valence-electron chi connectivity index (χ0n) is 14.4. The van der Waals surface area contributed by atoms with E-state index in [9.17, 15) is 18.4 Å². The lowest BCUT2D eigenvalue weighted by Gasteiger charge is -2.15. The molecule has 0 bridgehead atoms. The van der Waals surface area contributed by atoms with Gasteiger partial charge >= 0.3 is 5.97 Å². The Balaban J connectivity index is 2.26. The molecular weight excluding hydrogens is 332 g/mol. The summed E-state index contributed by atoms with van der Waals surface area (Å²) < 4.78 is 36.9. The summed E-state index contributed by atoms with van der Waals surface area (Å²) in [6.45, 7) is 6.62. The van der Waals surface area contributed by atoms with E-state index in [0.717, 1.165) is 12.1 Å². The predicted molar refractivity (Wildman–Crippen MR) is 87.0 cm³/mol. The fourth-order valence-corrected chi connectivity index (χ4v) is 2.55. The normalized spacial score (nSPS) is 11.9. The molecule has 0 aliphatic rings. The number of hydrogen-bond acceptors (Lipinski definition) is 4. The molecule has 0 saturated carbocycles. The van der Waals surface area contributed by atoms with Crippen LogP contribution in [-0.2, 0) is 4.74 Å². The zero-order chi connectivity index (χ0) is 18.7. The number of halogens is 2. The first kappa shape index (κ1) is 18.6. The second-order valence-corrected chi connectivity index (χ2v) is 5.54. The van der Waals surface area contributed by atoms with E-state index in [0.29, 0.717) is 17.3 Å². The molecule has 0 aliphatic heterocycles. The van der Waals surface area contributed by atoms with Crippen LogP contribution in [0.2, 0.25) is 0 Å². The molecule has 0 saturated heterocycles. The Hall–Kier alpha value is -2.70. The van der Waals surface area contributed by atoms with E-state index < -0.39 is 29.5 Å². The zero-order valence-corrected chi connectivity index (χ0v) is 14.4. The van der Waals surface area contributed by atoms with Crippen LogP contribution in [0.15, 0.2) is 18.2 Å². The van der Waals surface area contributed by atoms with Crippen molar-refractivity contribution >= 4 is 11.8 Å². The fourth-order valence-electron chi connectivity index (χ4n) is 2.55. The fraction of sp³-hybridized carbons (Fsp3) is 0.333. The minimum atomic E-state index is -1.02. The van der Waals surface area contributed by atoms with E-state index in [1.807, 2.05) is 0 Å². The van der Waals surface area contributed by atoms with Gasteiger partial charge in [0.25, 0.3) is 0 Å². The molecule has 5 nitrogen and oxygen atoms in total. The summed E-state index contributed by atoms with van der Waals surface area (Å²) in [7, 11) is 0. The van der Waals surface area contributed by atoms with Gasteiger partial charge in [0.2, 0.25) is 5.78 Å². The Morgan fingerprint density at radius 3 is 2.52 bits per heavy atom. The molecule has 0 aliphatic carbocycles. The van der Waals surface area contributed by atoms with Gasteiger partial charge in [-0.05, 0) is 45.4 Å². The van der Waals surface area contributed by atoms with Crippen molar-refractivity contribution in [3.63, 3.8) is 0 Å². The van der Waals surface area contributed by atoms with Gasteiger partial charge in [0.1, 0.15) is 11.5 Å². The molecule has 1 heterocycles. The molecule has 0 unspecified atom stereocenters. The van der Waals surface area contributed by atoms with Gasteiger partial charge in [0, 0.05) is 17.3 Å². The molecule has 1 aromatic carbocycles. The quantitative estimate of drug-likeness (QED) is 0.636. The Morgan fingerprint density at radius 1 is 1.24 bits per heavy atom. The van der Waals surface area contributed by atoms with Crippen molar-refractivity contribution in [2.24, 2.45) is 0 Å². The summed E-state index contributed by atoms with van der Waals surface area (Å²) in [4.78, 5) is 27.4. The van der Waals surface area contributed by atoms with Crippen LogP contribution in [0.4, 0.5) is 8.78 Å². The average molecular weight is 351 g/mol. The van der Waals surface area contributed by atoms with Crippen LogP contribution in [0.5, 0.6) is 5.75 Å². The predicted octanol–water partition coefficient (Wildman–Crippen LogP) is 3.74. The van der Waals surface area contributed by atoms with Crippen LogP contribution >= 0.6 is 0 Å². The highest BCUT2D eigenvalue weighted by atomic mass is 19.1. The molecule has 0 fully saturated rings. The number of nitrogens with one attached hydrogen (secondary N) is 1. The minimum absolute atomic E-state index is 0.197. The molecule has 1 atom stereocenters. The Labute approximate surface area is 143 Å². The highest BCUT2D eigenvalue weighted by Crippen LogP contribution is 2.24. The third-order valence-corrected chi connectivity index (χ3v) is 3.73.